The fourth-order valence-electron chi connectivity index (χ4n) is 5.69. The molecule has 36 heavy (non-hydrogen) atoms. The molecule has 2 bridgehead atoms. The first kappa shape index (κ1) is 25.4. The van der Waals surface area contributed by atoms with Crippen LogP contribution in [-0.4, -0.2) is 24.3 Å². The monoisotopic (exact) mass is 482 g/mol. The number of methoxy groups -OCH3 is 1. The summed E-state index contributed by atoms with van der Waals surface area (Å²) in [5, 5.41) is 10.00. The molecule has 1 N–H and O–H groups in total. The molecule has 3 aromatic rings. The molecule has 0 radical (unpaired) electrons. The van der Waals surface area contributed by atoms with Gasteiger partial charge in [0.25, 0.3) is 0 Å². The maximum Gasteiger partial charge on any atom is 0.165 e. The van der Waals surface area contributed by atoms with E-state index in [1.165, 1.54) is 0 Å². The molecule has 0 aliphatic heterocycles. The summed E-state index contributed by atoms with van der Waals surface area (Å²) in [4.78, 5) is 23.4. The quantitative estimate of drug-likeness (QED) is 0.313. The summed E-state index contributed by atoms with van der Waals surface area (Å²) in [6.07, 6.45) is 5.12. The molecule has 4 nitrogen and oxygen atoms in total. The Morgan fingerprint density at radius 3 is 2.25 bits per heavy atom. The van der Waals surface area contributed by atoms with E-state index < -0.39 is 0 Å². The number of phenolic OH excluding ortho intramolecular Hbond substituents is 1. The maximum absolute atomic E-state index is 12.6. The van der Waals surface area contributed by atoms with Gasteiger partial charge in [-0.1, -0.05) is 63.2 Å². The molecule has 2 aliphatic carbocycles. The average molecular weight is 483 g/mol. The van der Waals surface area contributed by atoms with Crippen LogP contribution in [0, 0.1) is 23.7 Å². The van der Waals surface area contributed by atoms with Crippen molar-refractivity contribution in [2.75, 3.05) is 7.11 Å². The molecule has 3 aromatic carbocycles. The van der Waals surface area contributed by atoms with Crippen LogP contribution in [0.1, 0.15) is 55.1 Å². The average Bonchev–Trinajstić information content (AvgIpc) is 3.19. The SMILES string of the molecule is CC12CCC(C(=Cc3ccccc3)C1=O)C2(C)C.COc1ccc(-c2cc(C=O)ccc2C)c(O)c1. The maximum atomic E-state index is 12.6. The van der Waals surface area contributed by atoms with Crippen LogP contribution in [0.5, 0.6) is 11.5 Å². The highest BCUT2D eigenvalue weighted by molar-refractivity contribution is 6.07. The molecule has 2 aliphatic rings. The Kier molecular flexibility index (Phi) is 6.90. The van der Waals surface area contributed by atoms with Gasteiger partial charge in [-0.2, -0.15) is 0 Å². The van der Waals surface area contributed by atoms with Crippen molar-refractivity contribution in [1.29, 1.82) is 0 Å². The largest absolute Gasteiger partial charge is 0.507 e. The smallest absolute Gasteiger partial charge is 0.165 e. The number of benzene rings is 3. The van der Waals surface area contributed by atoms with Gasteiger partial charge in [-0.05, 0) is 77.6 Å². The first-order valence-corrected chi connectivity index (χ1v) is 12.4. The van der Waals surface area contributed by atoms with Crippen molar-refractivity contribution in [3.8, 4) is 22.6 Å². The summed E-state index contributed by atoms with van der Waals surface area (Å²) in [5.41, 5.74) is 5.31. The number of allylic oxidation sites excluding steroid dienone is 1. The predicted octanol–water partition coefficient (Wildman–Crippen LogP) is 7.28. The van der Waals surface area contributed by atoms with Gasteiger partial charge in [0.15, 0.2) is 5.78 Å². The first-order chi connectivity index (χ1) is 17.1. The lowest BCUT2D eigenvalue weighted by Gasteiger charge is -2.31. The van der Waals surface area contributed by atoms with Gasteiger partial charge >= 0.3 is 0 Å². The number of hydrogen-bond donors (Lipinski definition) is 1. The zero-order valence-electron chi connectivity index (χ0n) is 21.7. The minimum Gasteiger partial charge on any atom is -0.507 e. The first-order valence-electron chi connectivity index (χ1n) is 12.4. The van der Waals surface area contributed by atoms with Gasteiger partial charge < -0.3 is 9.84 Å². The van der Waals surface area contributed by atoms with Gasteiger partial charge in [-0.25, -0.2) is 0 Å². The van der Waals surface area contributed by atoms with E-state index in [9.17, 15) is 14.7 Å². The second kappa shape index (κ2) is 9.77. The number of ether oxygens (including phenoxy) is 1. The number of aromatic hydroxyl groups is 1. The van der Waals surface area contributed by atoms with Gasteiger partial charge in [-0.15, -0.1) is 0 Å². The highest BCUT2D eigenvalue weighted by atomic mass is 16.5. The number of fused-ring (bicyclic) bond motifs is 2. The fraction of sp³-hybridized carbons (Fsp3) is 0.312. The number of aldehydes is 1. The Labute approximate surface area is 213 Å². The van der Waals surface area contributed by atoms with E-state index >= 15 is 0 Å². The Morgan fingerprint density at radius 1 is 0.944 bits per heavy atom. The van der Waals surface area contributed by atoms with E-state index in [0.29, 0.717) is 28.6 Å². The number of carbonyl (C=O) groups is 2. The molecular weight excluding hydrogens is 448 g/mol. The van der Waals surface area contributed by atoms with Crippen LogP contribution < -0.4 is 4.74 Å². The number of hydrogen-bond acceptors (Lipinski definition) is 4. The minimum atomic E-state index is -0.141. The number of phenols is 1. The summed E-state index contributed by atoms with van der Waals surface area (Å²) < 4.78 is 5.04. The summed E-state index contributed by atoms with van der Waals surface area (Å²) in [7, 11) is 1.55. The van der Waals surface area contributed by atoms with E-state index in [-0.39, 0.29) is 16.6 Å². The summed E-state index contributed by atoms with van der Waals surface area (Å²) in [5.74, 6) is 1.56. The van der Waals surface area contributed by atoms with Crippen LogP contribution in [0.15, 0.2) is 72.3 Å². The second-order valence-electron chi connectivity index (χ2n) is 10.6. The number of aryl methyl sites for hydroxylation is 1. The predicted molar refractivity (Wildman–Crippen MR) is 144 cm³/mol. The van der Waals surface area contributed by atoms with Crippen molar-refractivity contribution < 1.29 is 19.4 Å². The van der Waals surface area contributed by atoms with Gasteiger partial charge in [0.05, 0.1) is 7.11 Å². The van der Waals surface area contributed by atoms with Gasteiger partial charge in [-0.3, -0.25) is 9.59 Å². The van der Waals surface area contributed by atoms with E-state index in [4.69, 9.17) is 4.74 Å². The van der Waals surface area contributed by atoms with Crippen LogP contribution in [-0.2, 0) is 4.79 Å². The van der Waals surface area contributed by atoms with Crippen LogP contribution in [0.3, 0.4) is 0 Å². The van der Waals surface area contributed by atoms with Crippen LogP contribution in [0.25, 0.3) is 17.2 Å². The third kappa shape index (κ3) is 4.37. The van der Waals surface area contributed by atoms with Crippen molar-refractivity contribution >= 4 is 18.1 Å². The zero-order valence-corrected chi connectivity index (χ0v) is 21.7. The Balaban J connectivity index is 0.000000169. The molecule has 0 heterocycles. The normalized spacial score (nSPS) is 22.8. The van der Waals surface area contributed by atoms with Crippen LogP contribution >= 0.6 is 0 Å². The summed E-state index contributed by atoms with van der Waals surface area (Å²) in [6, 6.07) is 20.7. The number of ketones is 1. The Bertz CT molecular complexity index is 1320. The van der Waals surface area contributed by atoms with Crippen molar-refractivity contribution in [2.24, 2.45) is 16.7 Å². The van der Waals surface area contributed by atoms with E-state index in [2.05, 4.69) is 39.0 Å². The Hall–Kier alpha value is -3.66. The number of carbonyl (C=O) groups excluding carboxylic acids is 2. The second-order valence-corrected chi connectivity index (χ2v) is 10.6. The van der Waals surface area contributed by atoms with Crippen molar-refractivity contribution in [3.05, 3.63) is 89.0 Å². The fourth-order valence-corrected chi connectivity index (χ4v) is 5.69. The molecule has 2 saturated carbocycles. The molecule has 2 fully saturated rings. The van der Waals surface area contributed by atoms with Crippen molar-refractivity contribution in [3.63, 3.8) is 0 Å². The van der Waals surface area contributed by atoms with E-state index in [1.807, 2.05) is 31.2 Å². The van der Waals surface area contributed by atoms with Crippen molar-refractivity contribution in [1.82, 2.24) is 0 Å². The highest BCUT2D eigenvalue weighted by Gasteiger charge is 2.63. The number of Topliss-reactive ketones (excluding diaryl/α,β-unsaturated/α-hetero) is 1. The lowest BCUT2D eigenvalue weighted by molar-refractivity contribution is -0.125. The minimum absolute atomic E-state index is 0.116. The Morgan fingerprint density at radius 2 is 1.67 bits per heavy atom. The summed E-state index contributed by atoms with van der Waals surface area (Å²) in [6.45, 7) is 8.61. The van der Waals surface area contributed by atoms with Gasteiger partial charge in [0.2, 0.25) is 0 Å². The van der Waals surface area contributed by atoms with Gasteiger partial charge in [0, 0.05) is 22.6 Å². The third-order valence-electron chi connectivity index (χ3n) is 8.38. The molecule has 186 valence electrons. The molecule has 2 unspecified atom stereocenters. The molecule has 4 heteroatoms. The van der Waals surface area contributed by atoms with Crippen LogP contribution in [0.2, 0.25) is 0 Å². The lowest BCUT2D eigenvalue weighted by Crippen LogP contribution is -2.32. The lowest BCUT2D eigenvalue weighted by atomic mass is 9.70. The van der Waals surface area contributed by atoms with Gasteiger partial charge in [0.1, 0.15) is 17.8 Å². The molecule has 0 spiro atoms. The molecule has 2 atom stereocenters. The standard InChI is InChI=1S/C17H20O.C15H14O3/c1-16(2)14-9-10-17(16,3)15(18)13(14)11-12-7-5-4-6-8-12;1-10-3-4-11(9-16)7-14(10)13-6-5-12(18-2)8-15(13)17/h4-8,11,14H,9-10H2,1-3H3;3-9,17H,1-2H3. The number of rotatable bonds is 4. The molecule has 0 amide bonds. The molecule has 0 saturated heterocycles. The van der Waals surface area contributed by atoms with Crippen LogP contribution in [0.4, 0.5) is 0 Å². The zero-order chi connectivity index (χ0) is 26.1. The third-order valence-corrected chi connectivity index (χ3v) is 8.38. The molecular formula is C32H34O4. The molecule has 0 aromatic heterocycles. The van der Waals surface area contributed by atoms with E-state index in [0.717, 1.165) is 41.4 Å². The highest BCUT2D eigenvalue weighted by Crippen LogP contribution is 2.65. The van der Waals surface area contributed by atoms with E-state index in [1.54, 1.807) is 37.4 Å². The molecule has 5 rings (SSSR count). The summed E-state index contributed by atoms with van der Waals surface area (Å²) >= 11 is 0. The van der Waals surface area contributed by atoms with Crippen molar-refractivity contribution in [2.45, 2.75) is 40.5 Å². The topological polar surface area (TPSA) is 63.6 Å².